The molecule has 0 radical (unpaired) electrons. The number of rotatable bonds is 10. The van der Waals surface area contributed by atoms with Crippen LogP contribution < -0.4 is 0 Å². The number of hydrogen-bond donors (Lipinski definition) is 0. The molecule has 0 bridgehead atoms. The predicted octanol–water partition coefficient (Wildman–Crippen LogP) is 4.32. The highest BCUT2D eigenvalue weighted by atomic mass is 19.3. The normalized spacial score (nSPS) is 12.7. The summed E-state index contributed by atoms with van der Waals surface area (Å²) in [6.45, 7) is 6.85. The average Bonchev–Trinajstić information content (AvgIpc) is 2.48. The Balaban J connectivity index is 2.61. The summed E-state index contributed by atoms with van der Waals surface area (Å²) in [7, 11) is 0. The van der Waals surface area contributed by atoms with Crippen molar-refractivity contribution in [3.63, 3.8) is 0 Å². The number of carbonyl (C=O) groups excluding carboxylic acids is 1. The van der Waals surface area contributed by atoms with Gasteiger partial charge in [0, 0.05) is 6.42 Å². The molecule has 0 N–H and O–H groups in total. The topological polar surface area (TPSA) is 26.3 Å². The maximum Gasteiger partial charge on any atom is 0.334 e. The van der Waals surface area contributed by atoms with Gasteiger partial charge in [0.25, 0.3) is 0 Å². The standard InChI is InChI=1S/C17H20F2O2/c1-3-5-7-12-15(20)17(18,19)16(4-2)21-13-14-10-8-6-9-11-14/h3-4,6,8-11,16H,1-2,5,7,12-13H2. The van der Waals surface area contributed by atoms with Crippen LogP contribution in [0.2, 0.25) is 0 Å². The Morgan fingerprint density at radius 3 is 2.52 bits per heavy atom. The number of hydrogen-bond acceptors (Lipinski definition) is 2. The SMILES string of the molecule is C=CCCCC(=O)C(F)(F)C(C=C)OCc1ccccc1. The second-order valence-electron chi connectivity index (χ2n) is 4.68. The van der Waals surface area contributed by atoms with E-state index >= 15 is 0 Å². The average molecular weight is 294 g/mol. The van der Waals surface area contributed by atoms with Crippen molar-refractivity contribution in [1.82, 2.24) is 0 Å². The molecule has 21 heavy (non-hydrogen) atoms. The zero-order chi connectivity index (χ0) is 15.7. The Labute approximate surface area is 124 Å². The second-order valence-corrected chi connectivity index (χ2v) is 4.68. The maximum absolute atomic E-state index is 14.0. The number of alkyl halides is 2. The Hall–Kier alpha value is -1.81. The minimum atomic E-state index is -3.56. The summed E-state index contributed by atoms with van der Waals surface area (Å²) in [6.07, 6.45) is 1.66. The molecule has 2 nitrogen and oxygen atoms in total. The summed E-state index contributed by atoms with van der Waals surface area (Å²) in [5, 5.41) is 0. The van der Waals surface area contributed by atoms with E-state index in [1.165, 1.54) is 0 Å². The molecular weight excluding hydrogens is 274 g/mol. The van der Waals surface area contributed by atoms with Gasteiger partial charge in [-0.1, -0.05) is 42.5 Å². The van der Waals surface area contributed by atoms with Gasteiger partial charge in [0.2, 0.25) is 5.78 Å². The molecule has 0 heterocycles. The summed E-state index contributed by atoms with van der Waals surface area (Å²) in [6, 6.07) is 8.95. The van der Waals surface area contributed by atoms with Crippen molar-refractivity contribution in [3.8, 4) is 0 Å². The molecule has 1 unspecified atom stereocenters. The van der Waals surface area contributed by atoms with E-state index in [-0.39, 0.29) is 13.0 Å². The van der Waals surface area contributed by atoms with Gasteiger partial charge < -0.3 is 4.74 Å². The van der Waals surface area contributed by atoms with Crippen LogP contribution in [0.25, 0.3) is 0 Å². The van der Waals surface area contributed by atoms with E-state index in [9.17, 15) is 13.6 Å². The third kappa shape index (κ3) is 5.23. The number of unbranched alkanes of at least 4 members (excludes halogenated alkanes) is 1. The molecule has 0 aliphatic rings. The van der Waals surface area contributed by atoms with Crippen LogP contribution in [0.5, 0.6) is 0 Å². The van der Waals surface area contributed by atoms with Crippen molar-refractivity contribution in [3.05, 3.63) is 61.2 Å². The van der Waals surface area contributed by atoms with Gasteiger partial charge in [-0.05, 0) is 18.4 Å². The lowest BCUT2D eigenvalue weighted by Crippen LogP contribution is -2.41. The van der Waals surface area contributed by atoms with E-state index in [1.807, 2.05) is 6.07 Å². The third-order valence-electron chi connectivity index (χ3n) is 3.03. The number of halogens is 2. The Morgan fingerprint density at radius 1 is 1.29 bits per heavy atom. The fourth-order valence-corrected chi connectivity index (χ4v) is 1.81. The molecule has 0 amide bonds. The lowest BCUT2D eigenvalue weighted by Gasteiger charge is -2.23. The number of Topliss-reactive ketones (excluding diaryl/α,β-unsaturated/α-hetero) is 1. The Morgan fingerprint density at radius 2 is 1.95 bits per heavy atom. The largest absolute Gasteiger partial charge is 0.363 e. The summed E-state index contributed by atoms with van der Waals surface area (Å²) < 4.78 is 33.2. The number of ketones is 1. The molecule has 0 fully saturated rings. The molecule has 1 rings (SSSR count). The molecule has 0 saturated heterocycles. The van der Waals surface area contributed by atoms with E-state index in [0.29, 0.717) is 12.8 Å². The summed E-state index contributed by atoms with van der Waals surface area (Å²) in [5.74, 6) is -4.68. The van der Waals surface area contributed by atoms with Crippen molar-refractivity contribution in [2.24, 2.45) is 0 Å². The first-order valence-electron chi connectivity index (χ1n) is 6.82. The smallest absolute Gasteiger partial charge is 0.334 e. The highest BCUT2D eigenvalue weighted by molar-refractivity contribution is 5.86. The van der Waals surface area contributed by atoms with E-state index in [0.717, 1.165) is 11.6 Å². The number of benzene rings is 1. The van der Waals surface area contributed by atoms with Crippen LogP contribution in [0.4, 0.5) is 8.78 Å². The van der Waals surface area contributed by atoms with Gasteiger partial charge in [-0.3, -0.25) is 4.79 Å². The van der Waals surface area contributed by atoms with Crippen LogP contribution in [0, 0.1) is 0 Å². The second kappa shape index (κ2) is 8.47. The van der Waals surface area contributed by atoms with Gasteiger partial charge in [-0.15, -0.1) is 13.2 Å². The van der Waals surface area contributed by atoms with Crippen molar-refractivity contribution in [1.29, 1.82) is 0 Å². The summed E-state index contributed by atoms with van der Waals surface area (Å²) in [5.41, 5.74) is 0.763. The van der Waals surface area contributed by atoms with Gasteiger partial charge in [0.15, 0.2) is 0 Å². The van der Waals surface area contributed by atoms with Crippen LogP contribution in [0.15, 0.2) is 55.6 Å². The van der Waals surface area contributed by atoms with Crippen LogP contribution >= 0.6 is 0 Å². The van der Waals surface area contributed by atoms with Gasteiger partial charge in [-0.25, -0.2) is 0 Å². The minimum absolute atomic E-state index is 0.00700. The Bertz CT molecular complexity index is 469. The quantitative estimate of drug-likeness (QED) is 0.474. The van der Waals surface area contributed by atoms with Crippen molar-refractivity contribution in [2.45, 2.75) is 37.9 Å². The summed E-state index contributed by atoms with van der Waals surface area (Å²) >= 11 is 0. The number of ether oxygens (including phenoxy) is 1. The van der Waals surface area contributed by atoms with E-state index in [4.69, 9.17) is 4.74 Å². The predicted molar refractivity (Wildman–Crippen MR) is 79.2 cm³/mol. The fraction of sp³-hybridized carbons (Fsp3) is 0.353. The molecular formula is C17H20F2O2. The van der Waals surface area contributed by atoms with Crippen molar-refractivity contribution in [2.75, 3.05) is 0 Å². The lowest BCUT2D eigenvalue weighted by atomic mass is 10.0. The molecule has 0 spiro atoms. The zero-order valence-electron chi connectivity index (χ0n) is 11.9. The molecule has 0 aliphatic heterocycles. The van der Waals surface area contributed by atoms with Crippen molar-refractivity contribution < 1.29 is 18.3 Å². The molecule has 1 aromatic rings. The van der Waals surface area contributed by atoms with Crippen LogP contribution in [0.3, 0.4) is 0 Å². The summed E-state index contributed by atoms with van der Waals surface area (Å²) in [4.78, 5) is 11.6. The first-order valence-corrected chi connectivity index (χ1v) is 6.82. The molecule has 4 heteroatoms. The number of allylic oxidation sites excluding steroid dienone is 1. The first-order chi connectivity index (χ1) is 10.0. The van der Waals surface area contributed by atoms with E-state index < -0.39 is 17.8 Å². The van der Waals surface area contributed by atoms with Gasteiger partial charge in [-0.2, -0.15) is 8.78 Å². The Kier molecular flexibility index (Phi) is 6.96. The highest BCUT2D eigenvalue weighted by Crippen LogP contribution is 2.26. The minimum Gasteiger partial charge on any atom is -0.363 e. The molecule has 1 atom stereocenters. The van der Waals surface area contributed by atoms with Gasteiger partial charge in [0.05, 0.1) is 6.61 Å². The molecule has 0 saturated carbocycles. The molecule has 0 aromatic heterocycles. The van der Waals surface area contributed by atoms with Gasteiger partial charge >= 0.3 is 5.92 Å². The monoisotopic (exact) mass is 294 g/mol. The maximum atomic E-state index is 14.0. The van der Waals surface area contributed by atoms with Crippen molar-refractivity contribution >= 4 is 5.78 Å². The highest BCUT2D eigenvalue weighted by Gasteiger charge is 2.45. The van der Waals surface area contributed by atoms with Crippen LogP contribution in [-0.4, -0.2) is 17.8 Å². The van der Waals surface area contributed by atoms with Crippen LogP contribution in [0.1, 0.15) is 24.8 Å². The molecule has 0 aliphatic carbocycles. The van der Waals surface area contributed by atoms with E-state index in [1.54, 1.807) is 30.3 Å². The third-order valence-corrected chi connectivity index (χ3v) is 3.03. The number of carbonyl (C=O) groups is 1. The van der Waals surface area contributed by atoms with Gasteiger partial charge in [0.1, 0.15) is 6.10 Å². The van der Waals surface area contributed by atoms with Crippen LogP contribution in [-0.2, 0) is 16.1 Å². The molecule has 114 valence electrons. The van der Waals surface area contributed by atoms with E-state index in [2.05, 4.69) is 13.2 Å². The zero-order valence-corrected chi connectivity index (χ0v) is 11.9. The lowest BCUT2D eigenvalue weighted by molar-refractivity contribution is -0.163. The molecule has 1 aromatic carbocycles. The first kappa shape index (κ1) is 17.2. The fourth-order valence-electron chi connectivity index (χ4n) is 1.81.